The average molecular weight is 917 g/mol. The van der Waals surface area contributed by atoms with Gasteiger partial charge >= 0.3 is 0 Å². The van der Waals surface area contributed by atoms with Gasteiger partial charge in [-0.2, -0.15) is 0 Å². The van der Waals surface area contributed by atoms with Crippen LogP contribution in [-0.2, 0) is 33.2 Å². The molecule has 0 amide bonds. The highest BCUT2D eigenvalue weighted by Gasteiger charge is 2.83. The normalized spacial score (nSPS) is 58.2. The van der Waals surface area contributed by atoms with Crippen LogP contribution in [0.2, 0.25) is 0 Å². The number of hydrogen-bond acceptors (Lipinski definition) is 18. The summed E-state index contributed by atoms with van der Waals surface area (Å²) in [5, 5.41) is 120. The van der Waals surface area contributed by atoms with Crippen molar-refractivity contribution >= 4 is 0 Å². The van der Waals surface area contributed by atoms with Crippen molar-refractivity contribution in [2.75, 3.05) is 13.2 Å². The van der Waals surface area contributed by atoms with Crippen molar-refractivity contribution in [3.63, 3.8) is 0 Å². The molecule has 0 bridgehead atoms. The van der Waals surface area contributed by atoms with Crippen LogP contribution in [-0.4, -0.2) is 191 Å². The second kappa shape index (κ2) is 16.4. The summed E-state index contributed by atoms with van der Waals surface area (Å²) in [6, 6.07) is 0. The Labute approximate surface area is 375 Å². The summed E-state index contributed by atoms with van der Waals surface area (Å²) in [4.78, 5) is 0. The lowest BCUT2D eigenvalue weighted by molar-refractivity contribution is -0.366. The van der Waals surface area contributed by atoms with Gasteiger partial charge in [0.25, 0.3) is 0 Å². The fourth-order valence-corrected chi connectivity index (χ4v) is 15.8. The second-order valence-electron chi connectivity index (χ2n) is 23.2. The van der Waals surface area contributed by atoms with Crippen LogP contribution in [0, 0.1) is 45.3 Å². The zero-order chi connectivity index (χ0) is 46.4. The lowest BCUT2D eigenvalue weighted by Gasteiger charge is -2.62. The molecule has 0 radical (unpaired) electrons. The standard InChI is InChI=1S/C46H76O18/c1-19-28(50)31(53)33(55)38(59-19)63-35-29(51)23(49)17-58-40(35)62-26-9-11-46-18-45(46)13-12-43(6)20(14-22(48)36(43)44(7)10-8-27(64-44)42(4,5)57)21(45)15-24(37(46)41(26,2)3)60-39-34(56)32(54)30(52)25(16-47)61-39/h19-40,47-57H,8-18H2,1-7H3. The quantitative estimate of drug-likeness (QED) is 0.126. The van der Waals surface area contributed by atoms with Gasteiger partial charge in [-0.15, -0.1) is 0 Å². The molecule has 5 aliphatic carbocycles. The molecule has 11 N–H and O–H groups in total. The summed E-state index contributed by atoms with van der Waals surface area (Å²) >= 11 is 0. The average Bonchev–Trinajstić information content (AvgIpc) is 3.54. The summed E-state index contributed by atoms with van der Waals surface area (Å²) in [5.74, 6) is -0.239. The smallest absolute Gasteiger partial charge is 0.187 e. The number of aliphatic hydroxyl groups is 11. The molecule has 368 valence electrons. The molecule has 0 aromatic heterocycles. The summed E-state index contributed by atoms with van der Waals surface area (Å²) in [5.41, 5.74) is -3.07. The Balaban J connectivity index is 1.03. The van der Waals surface area contributed by atoms with Crippen molar-refractivity contribution in [1.29, 1.82) is 0 Å². The van der Waals surface area contributed by atoms with Gasteiger partial charge in [0.15, 0.2) is 18.9 Å². The number of fused-ring (bicyclic) bond motifs is 2. The maximum Gasteiger partial charge on any atom is 0.187 e. The molecule has 0 aromatic carbocycles. The van der Waals surface area contributed by atoms with E-state index in [4.69, 9.17) is 33.2 Å². The summed E-state index contributed by atoms with van der Waals surface area (Å²) in [6.45, 7) is 12.7. The van der Waals surface area contributed by atoms with E-state index >= 15 is 0 Å². The summed E-state index contributed by atoms with van der Waals surface area (Å²) in [6.07, 6.45) is -15.7. The Morgan fingerprint density at radius 3 is 1.97 bits per heavy atom. The monoisotopic (exact) mass is 917 g/mol. The van der Waals surface area contributed by atoms with Gasteiger partial charge in [-0.05, 0) is 125 Å². The van der Waals surface area contributed by atoms with Gasteiger partial charge in [-0.25, -0.2) is 0 Å². The molecule has 4 heterocycles. The van der Waals surface area contributed by atoms with Gasteiger partial charge in [0.1, 0.15) is 61.0 Å². The molecule has 9 aliphatic rings. The number of aliphatic hydroxyl groups excluding tert-OH is 10. The molecule has 4 aliphatic heterocycles. The van der Waals surface area contributed by atoms with Gasteiger partial charge in [-0.1, -0.05) is 20.8 Å². The molecule has 5 saturated carbocycles. The molecular weight excluding hydrogens is 840 g/mol. The Bertz CT molecular complexity index is 1700. The molecule has 18 nitrogen and oxygen atoms in total. The SMILES string of the molecule is CC1OC(OC2C(OC3CCC45CC46CCC4(C)C(CC(O)C4C4(C)CCC(C(C)(C)O)O4)C6CC(OC4OC(CO)C(O)C(O)C4O)C5C3(C)C)OCC(O)C2O)C(O)C(O)C1O. The maximum atomic E-state index is 12.2. The minimum Gasteiger partial charge on any atom is -0.394 e. The Hall–Kier alpha value is -0.720. The highest BCUT2D eigenvalue weighted by atomic mass is 16.8. The van der Waals surface area contributed by atoms with E-state index in [1.165, 1.54) is 6.92 Å². The van der Waals surface area contributed by atoms with E-state index in [1.807, 2.05) is 0 Å². The fraction of sp³-hybridized carbons (Fsp3) is 1.00. The molecule has 2 spiro atoms. The summed E-state index contributed by atoms with van der Waals surface area (Å²) in [7, 11) is 0. The topological polar surface area (TPSA) is 287 Å². The van der Waals surface area contributed by atoms with Crippen LogP contribution in [0.4, 0.5) is 0 Å². The van der Waals surface area contributed by atoms with Crippen molar-refractivity contribution in [3.05, 3.63) is 0 Å². The van der Waals surface area contributed by atoms with Crippen LogP contribution < -0.4 is 0 Å². The Kier molecular flexibility index (Phi) is 12.4. The van der Waals surface area contributed by atoms with Crippen LogP contribution in [0.5, 0.6) is 0 Å². The van der Waals surface area contributed by atoms with E-state index in [9.17, 15) is 56.2 Å². The van der Waals surface area contributed by atoms with Crippen LogP contribution in [0.1, 0.15) is 106 Å². The van der Waals surface area contributed by atoms with Crippen molar-refractivity contribution in [2.45, 2.75) is 228 Å². The number of rotatable bonds is 9. The highest BCUT2D eigenvalue weighted by molar-refractivity contribution is 5.31. The molecule has 64 heavy (non-hydrogen) atoms. The van der Waals surface area contributed by atoms with Gasteiger partial charge in [0.05, 0.1) is 54.9 Å². The molecule has 0 aromatic rings. The van der Waals surface area contributed by atoms with Crippen molar-refractivity contribution < 1.29 is 89.3 Å². The van der Waals surface area contributed by atoms with Gasteiger partial charge < -0.3 is 89.3 Å². The molecule has 4 saturated heterocycles. The lowest BCUT2D eigenvalue weighted by Crippen LogP contribution is -2.65. The molecular formula is C46H76O18. The lowest BCUT2D eigenvalue weighted by atomic mass is 9.45. The molecule has 9 fully saturated rings. The Morgan fingerprint density at radius 2 is 1.31 bits per heavy atom. The first-order valence-electron chi connectivity index (χ1n) is 23.9. The summed E-state index contributed by atoms with van der Waals surface area (Å²) < 4.78 is 44.3. The zero-order valence-corrected chi connectivity index (χ0v) is 38.3. The van der Waals surface area contributed by atoms with Crippen LogP contribution in [0.25, 0.3) is 0 Å². The van der Waals surface area contributed by atoms with Crippen LogP contribution >= 0.6 is 0 Å². The van der Waals surface area contributed by atoms with E-state index in [2.05, 4.69) is 27.7 Å². The molecule has 26 atom stereocenters. The van der Waals surface area contributed by atoms with Crippen LogP contribution in [0.3, 0.4) is 0 Å². The van der Waals surface area contributed by atoms with E-state index in [0.717, 1.165) is 32.1 Å². The van der Waals surface area contributed by atoms with Gasteiger partial charge in [0, 0.05) is 5.92 Å². The largest absolute Gasteiger partial charge is 0.394 e. The highest BCUT2D eigenvalue weighted by Crippen LogP contribution is 2.87. The first-order chi connectivity index (χ1) is 29.8. The predicted octanol–water partition coefficient (Wildman–Crippen LogP) is -0.814. The fourth-order valence-electron chi connectivity index (χ4n) is 15.8. The third kappa shape index (κ3) is 7.25. The van der Waals surface area contributed by atoms with E-state index < -0.39 is 128 Å². The molecule has 9 rings (SSSR count). The minimum absolute atomic E-state index is 0.0855. The van der Waals surface area contributed by atoms with E-state index in [1.54, 1.807) is 13.8 Å². The number of ether oxygens (including phenoxy) is 7. The predicted molar refractivity (Wildman–Crippen MR) is 220 cm³/mol. The Morgan fingerprint density at radius 1 is 0.641 bits per heavy atom. The van der Waals surface area contributed by atoms with E-state index in [-0.39, 0.29) is 52.6 Å². The van der Waals surface area contributed by atoms with E-state index in [0.29, 0.717) is 25.7 Å². The van der Waals surface area contributed by atoms with Crippen molar-refractivity contribution in [1.82, 2.24) is 0 Å². The maximum absolute atomic E-state index is 12.2. The van der Waals surface area contributed by atoms with Crippen LogP contribution in [0.15, 0.2) is 0 Å². The molecule has 26 unspecified atom stereocenters. The third-order valence-corrected chi connectivity index (χ3v) is 18.9. The second-order valence-corrected chi connectivity index (χ2v) is 23.2. The van der Waals surface area contributed by atoms with Crippen molar-refractivity contribution in [2.24, 2.45) is 45.3 Å². The zero-order valence-electron chi connectivity index (χ0n) is 38.3. The number of hydrogen-bond donors (Lipinski definition) is 11. The third-order valence-electron chi connectivity index (χ3n) is 18.9. The molecule has 18 heteroatoms. The van der Waals surface area contributed by atoms with Crippen molar-refractivity contribution in [3.8, 4) is 0 Å². The van der Waals surface area contributed by atoms with Gasteiger partial charge in [0.2, 0.25) is 0 Å². The first-order valence-corrected chi connectivity index (χ1v) is 23.9. The minimum atomic E-state index is -1.68. The first kappa shape index (κ1) is 48.3. The van der Waals surface area contributed by atoms with Gasteiger partial charge in [-0.3, -0.25) is 0 Å².